The quantitative estimate of drug-likeness (QED) is 0.431. The van der Waals surface area contributed by atoms with Gasteiger partial charge in [-0.3, -0.25) is 9.36 Å². The van der Waals surface area contributed by atoms with Crippen molar-refractivity contribution in [3.8, 4) is 11.4 Å². The molecule has 8 heteroatoms. The molecule has 0 fully saturated rings. The van der Waals surface area contributed by atoms with Gasteiger partial charge in [0.15, 0.2) is 5.16 Å². The number of halogens is 1. The lowest BCUT2D eigenvalue weighted by Gasteiger charge is -2.08. The van der Waals surface area contributed by atoms with E-state index in [1.807, 2.05) is 41.8 Å². The number of carbonyl (C=O) groups excluding carboxylic acids is 1. The van der Waals surface area contributed by atoms with Crippen molar-refractivity contribution in [2.45, 2.75) is 24.9 Å². The number of phenols is 1. The monoisotopic (exact) mass is 416 g/mol. The van der Waals surface area contributed by atoms with Crippen molar-refractivity contribution in [3.63, 3.8) is 0 Å². The number of carbonyl (C=O) groups is 1. The van der Waals surface area contributed by atoms with Gasteiger partial charge in [0.2, 0.25) is 5.91 Å². The maximum Gasteiger partial charge on any atom is 0.230 e. The van der Waals surface area contributed by atoms with Crippen molar-refractivity contribution < 1.29 is 9.90 Å². The van der Waals surface area contributed by atoms with Crippen LogP contribution in [0.3, 0.4) is 0 Å². The Morgan fingerprint density at radius 3 is 2.79 bits per heavy atom. The van der Waals surface area contributed by atoms with E-state index in [4.69, 9.17) is 11.6 Å². The first-order valence-corrected chi connectivity index (χ1v) is 10.2. The molecule has 0 aliphatic heterocycles. The normalized spacial score (nSPS) is 10.8. The predicted molar refractivity (Wildman–Crippen MR) is 111 cm³/mol. The van der Waals surface area contributed by atoms with Crippen LogP contribution in [0.15, 0.2) is 53.9 Å². The summed E-state index contributed by atoms with van der Waals surface area (Å²) in [5.41, 5.74) is 2.99. The SMILES string of the molecule is Cc1ccc(-n2cnnc2SCC(=O)NCCCc2ccc(O)cc2)cc1Cl. The topological polar surface area (TPSA) is 80.0 Å². The van der Waals surface area contributed by atoms with Crippen LogP contribution in [-0.4, -0.2) is 38.1 Å². The van der Waals surface area contributed by atoms with Gasteiger partial charge in [0.25, 0.3) is 0 Å². The van der Waals surface area contributed by atoms with Crippen molar-refractivity contribution in [3.05, 3.63) is 64.9 Å². The van der Waals surface area contributed by atoms with Gasteiger partial charge in [-0.15, -0.1) is 10.2 Å². The Morgan fingerprint density at radius 2 is 2.04 bits per heavy atom. The fourth-order valence-electron chi connectivity index (χ4n) is 2.60. The van der Waals surface area contributed by atoms with Crippen LogP contribution in [0.25, 0.3) is 5.69 Å². The molecule has 1 heterocycles. The second kappa shape index (κ2) is 9.61. The molecular weight excluding hydrogens is 396 g/mol. The van der Waals surface area contributed by atoms with E-state index < -0.39 is 0 Å². The van der Waals surface area contributed by atoms with E-state index in [0.29, 0.717) is 16.7 Å². The second-order valence-corrected chi connectivity index (χ2v) is 7.68. The predicted octanol–water partition coefficient (Wildman–Crippen LogP) is 3.78. The van der Waals surface area contributed by atoms with E-state index >= 15 is 0 Å². The van der Waals surface area contributed by atoms with Gasteiger partial charge in [-0.25, -0.2) is 0 Å². The average Bonchev–Trinajstić information content (AvgIpc) is 3.16. The highest BCUT2D eigenvalue weighted by Crippen LogP contribution is 2.23. The van der Waals surface area contributed by atoms with Crippen LogP contribution in [-0.2, 0) is 11.2 Å². The van der Waals surface area contributed by atoms with E-state index in [1.165, 1.54) is 11.8 Å². The summed E-state index contributed by atoms with van der Waals surface area (Å²) in [6.07, 6.45) is 3.29. The molecule has 0 spiro atoms. The van der Waals surface area contributed by atoms with Crippen molar-refractivity contribution >= 4 is 29.3 Å². The van der Waals surface area contributed by atoms with Crippen LogP contribution in [0.1, 0.15) is 17.5 Å². The third-order valence-electron chi connectivity index (χ3n) is 4.18. The number of aromatic hydroxyl groups is 1. The van der Waals surface area contributed by atoms with Crippen LogP contribution >= 0.6 is 23.4 Å². The van der Waals surface area contributed by atoms with Gasteiger partial charge < -0.3 is 10.4 Å². The number of nitrogens with zero attached hydrogens (tertiary/aromatic N) is 3. The number of rotatable bonds is 8. The summed E-state index contributed by atoms with van der Waals surface area (Å²) in [7, 11) is 0. The molecule has 0 aliphatic carbocycles. The Hall–Kier alpha value is -2.51. The number of aromatic nitrogens is 3. The summed E-state index contributed by atoms with van der Waals surface area (Å²) < 4.78 is 1.81. The average molecular weight is 417 g/mol. The molecule has 6 nitrogen and oxygen atoms in total. The molecule has 1 amide bonds. The number of benzene rings is 2. The molecule has 3 rings (SSSR count). The molecule has 0 radical (unpaired) electrons. The third-order valence-corrected chi connectivity index (χ3v) is 5.53. The van der Waals surface area contributed by atoms with E-state index in [2.05, 4.69) is 15.5 Å². The van der Waals surface area contributed by atoms with Crippen molar-refractivity contribution in [2.75, 3.05) is 12.3 Å². The number of amides is 1. The largest absolute Gasteiger partial charge is 0.508 e. The summed E-state index contributed by atoms with van der Waals surface area (Å²) >= 11 is 7.53. The molecule has 0 atom stereocenters. The molecule has 146 valence electrons. The minimum Gasteiger partial charge on any atom is -0.508 e. The van der Waals surface area contributed by atoms with Crippen LogP contribution < -0.4 is 5.32 Å². The smallest absolute Gasteiger partial charge is 0.230 e. The lowest BCUT2D eigenvalue weighted by molar-refractivity contribution is -0.118. The zero-order valence-electron chi connectivity index (χ0n) is 15.4. The molecule has 0 unspecified atom stereocenters. The highest BCUT2D eigenvalue weighted by Gasteiger charge is 2.11. The molecular formula is C20H21ClN4O2S. The summed E-state index contributed by atoms with van der Waals surface area (Å²) in [6.45, 7) is 2.54. The van der Waals surface area contributed by atoms with E-state index in [9.17, 15) is 9.90 Å². The van der Waals surface area contributed by atoms with Gasteiger partial charge in [-0.1, -0.05) is 41.6 Å². The lowest BCUT2D eigenvalue weighted by Crippen LogP contribution is -2.26. The first-order valence-electron chi connectivity index (χ1n) is 8.87. The summed E-state index contributed by atoms with van der Waals surface area (Å²) in [5, 5.41) is 21.5. The number of thioether (sulfide) groups is 1. The number of hydrogen-bond acceptors (Lipinski definition) is 5. The number of nitrogens with one attached hydrogen (secondary N) is 1. The Morgan fingerprint density at radius 1 is 1.25 bits per heavy atom. The maximum absolute atomic E-state index is 12.1. The van der Waals surface area contributed by atoms with E-state index in [0.717, 1.165) is 29.7 Å². The number of phenolic OH excluding ortho intramolecular Hbond substituents is 1. The van der Waals surface area contributed by atoms with Crippen LogP contribution in [0, 0.1) is 6.92 Å². The van der Waals surface area contributed by atoms with Crippen molar-refractivity contribution in [2.24, 2.45) is 0 Å². The molecule has 3 aromatic rings. The first-order chi connectivity index (χ1) is 13.5. The number of hydrogen-bond donors (Lipinski definition) is 2. The van der Waals surface area contributed by atoms with Gasteiger partial charge >= 0.3 is 0 Å². The highest BCUT2D eigenvalue weighted by atomic mass is 35.5. The van der Waals surface area contributed by atoms with Crippen molar-refractivity contribution in [1.82, 2.24) is 20.1 Å². The van der Waals surface area contributed by atoms with Gasteiger partial charge in [0.1, 0.15) is 12.1 Å². The second-order valence-electron chi connectivity index (χ2n) is 6.33. The van der Waals surface area contributed by atoms with Crippen molar-refractivity contribution in [1.29, 1.82) is 0 Å². The minimum absolute atomic E-state index is 0.0489. The third kappa shape index (κ3) is 5.50. The van der Waals surface area contributed by atoms with Gasteiger partial charge in [0, 0.05) is 11.6 Å². The van der Waals surface area contributed by atoms with E-state index in [-0.39, 0.29) is 17.4 Å². The summed E-state index contributed by atoms with van der Waals surface area (Å²) in [4.78, 5) is 12.1. The lowest BCUT2D eigenvalue weighted by atomic mass is 10.1. The Kier molecular flexibility index (Phi) is 6.95. The Labute approximate surface area is 172 Å². The minimum atomic E-state index is -0.0489. The highest BCUT2D eigenvalue weighted by molar-refractivity contribution is 7.99. The first kappa shape index (κ1) is 20.2. The van der Waals surface area contributed by atoms with Crippen LogP contribution in [0.5, 0.6) is 5.75 Å². The van der Waals surface area contributed by atoms with Gasteiger partial charge in [-0.2, -0.15) is 0 Å². The number of aryl methyl sites for hydroxylation is 2. The molecule has 2 aromatic carbocycles. The molecule has 28 heavy (non-hydrogen) atoms. The van der Waals surface area contributed by atoms with Gasteiger partial charge in [0.05, 0.1) is 11.4 Å². The van der Waals surface area contributed by atoms with Crippen LogP contribution in [0.2, 0.25) is 5.02 Å². The van der Waals surface area contributed by atoms with Gasteiger partial charge in [-0.05, 0) is 55.2 Å². The molecule has 2 N–H and O–H groups in total. The fourth-order valence-corrected chi connectivity index (χ4v) is 3.53. The molecule has 0 saturated carbocycles. The zero-order valence-corrected chi connectivity index (χ0v) is 17.0. The summed E-state index contributed by atoms with van der Waals surface area (Å²) in [6, 6.07) is 12.8. The zero-order chi connectivity index (χ0) is 19.9. The van der Waals surface area contributed by atoms with E-state index in [1.54, 1.807) is 18.5 Å². The molecule has 0 bridgehead atoms. The summed E-state index contributed by atoms with van der Waals surface area (Å²) in [5.74, 6) is 0.472. The Balaban J connectivity index is 1.45. The standard InChI is InChI=1S/C20H21ClN4O2S/c1-14-4-7-16(11-18(14)21)25-13-23-24-20(25)28-12-19(27)22-10-2-3-15-5-8-17(26)9-6-15/h4-9,11,13,26H,2-3,10,12H2,1H3,(H,22,27). The Bertz CT molecular complexity index is 944. The molecule has 0 saturated heterocycles. The molecule has 1 aromatic heterocycles. The maximum atomic E-state index is 12.1. The van der Waals surface area contributed by atoms with Crippen LogP contribution in [0.4, 0.5) is 0 Å². The molecule has 0 aliphatic rings. The fraction of sp³-hybridized carbons (Fsp3) is 0.250.